The van der Waals surface area contributed by atoms with Crippen LogP contribution in [0.2, 0.25) is 0 Å². The summed E-state index contributed by atoms with van der Waals surface area (Å²) in [5.74, 6) is 0.827. The van der Waals surface area contributed by atoms with Crippen molar-refractivity contribution in [3.05, 3.63) is 77.4 Å². The van der Waals surface area contributed by atoms with Crippen molar-refractivity contribution in [1.29, 1.82) is 0 Å². The van der Waals surface area contributed by atoms with Gasteiger partial charge in [0, 0.05) is 39.3 Å². The van der Waals surface area contributed by atoms with E-state index in [9.17, 15) is 4.79 Å². The second-order valence-electron chi connectivity index (χ2n) is 6.47. The lowest BCUT2D eigenvalue weighted by atomic mass is 10.00. The number of amides is 1. The Labute approximate surface area is 160 Å². The van der Waals surface area contributed by atoms with Gasteiger partial charge in [0.1, 0.15) is 0 Å². The lowest BCUT2D eigenvalue weighted by Crippen LogP contribution is -2.43. The first-order valence-corrected chi connectivity index (χ1v) is 9.22. The number of benzene rings is 2. The predicted molar refractivity (Wildman–Crippen MR) is 111 cm³/mol. The highest BCUT2D eigenvalue weighted by Gasteiger charge is 2.16. The van der Waals surface area contributed by atoms with Crippen LogP contribution >= 0.6 is 0 Å². The number of hydrogen-bond acceptors (Lipinski definition) is 2. The minimum Gasteiger partial charge on any atom is -0.355 e. The molecule has 140 valence electrons. The third-order valence-corrected chi connectivity index (χ3v) is 4.76. The first-order chi connectivity index (χ1) is 13.2. The third-order valence-electron chi connectivity index (χ3n) is 4.76. The van der Waals surface area contributed by atoms with Crippen LogP contribution in [-0.2, 0) is 6.54 Å². The zero-order valence-electron chi connectivity index (χ0n) is 15.9. The Morgan fingerprint density at radius 2 is 1.85 bits per heavy atom. The van der Waals surface area contributed by atoms with Gasteiger partial charge in [0.05, 0.1) is 0 Å². The van der Waals surface area contributed by atoms with E-state index < -0.39 is 0 Å². The molecule has 0 unspecified atom stereocenters. The van der Waals surface area contributed by atoms with Crippen LogP contribution in [0.3, 0.4) is 0 Å². The monoisotopic (exact) mass is 362 g/mol. The number of guanidine groups is 1. The highest BCUT2D eigenvalue weighted by Crippen LogP contribution is 2.22. The smallest absolute Gasteiger partial charge is 0.251 e. The average Bonchev–Trinajstić information content (AvgIpc) is 2.75. The lowest BCUT2D eigenvalue weighted by molar-refractivity contribution is 0.0963. The first-order valence-electron chi connectivity index (χ1n) is 9.22. The lowest BCUT2D eigenvalue weighted by Gasteiger charge is -2.29. The summed E-state index contributed by atoms with van der Waals surface area (Å²) in [6, 6.07) is 18.2. The SMILES string of the molecule is CN=C(NCc1ccc(C(=O)NC)cc1)N1CC=C(c2ccccc2)CC1. The Morgan fingerprint density at radius 3 is 2.44 bits per heavy atom. The van der Waals surface area contributed by atoms with Crippen molar-refractivity contribution in [2.45, 2.75) is 13.0 Å². The summed E-state index contributed by atoms with van der Waals surface area (Å²) in [5, 5.41) is 6.05. The second-order valence-corrected chi connectivity index (χ2v) is 6.47. The molecule has 1 aliphatic rings. The Bertz CT molecular complexity index is 825. The van der Waals surface area contributed by atoms with Crippen LogP contribution in [0.25, 0.3) is 5.57 Å². The number of rotatable bonds is 4. The van der Waals surface area contributed by atoms with Crippen molar-refractivity contribution in [1.82, 2.24) is 15.5 Å². The highest BCUT2D eigenvalue weighted by molar-refractivity contribution is 5.94. The van der Waals surface area contributed by atoms with E-state index in [2.05, 4.69) is 50.9 Å². The third kappa shape index (κ3) is 4.76. The van der Waals surface area contributed by atoms with E-state index in [1.54, 1.807) is 7.05 Å². The van der Waals surface area contributed by atoms with Crippen molar-refractivity contribution >= 4 is 17.4 Å². The van der Waals surface area contributed by atoms with E-state index in [4.69, 9.17) is 0 Å². The molecular weight excluding hydrogens is 336 g/mol. The molecule has 0 aliphatic carbocycles. The normalized spacial score (nSPS) is 14.5. The van der Waals surface area contributed by atoms with Crippen LogP contribution in [0.15, 0.2) is 65.7 Å². The molecule has 0 atom stereocenters. The summed E-state index contributed by atoms with van der Waals surface area (Å²) < 4.78 is 0. The summed E-state index contributed by atoms with van der Waals surface area (Å²) in [7, 11) is 3.45. The van der Waals surface area contributed by atoms with E-state index in [0.29, 0.717) is 12.1 Å². The van der Waals surface area contributed by atoms with E-state index in [1.807, 2.05) is 37.4 Å². The molecule has 3 rings (SSSR count). The molecule has 1 aliphatic heterocycles. The van der Waals surface area contributed by atoms with Crippen LogP contribution in [0.1, 0.15) is 27.9 Å². The molecule has 27 heavy (non-hydrogen) atoms. The number of carbonyl (C=O) groups excluding carboxylic acids is 1. The Hall–Kier alpha value is -3.08. The van der Waals surface area contributed by atoms with Gasteiger partial charge in [0.2, 0.25) is 0 Å². The van der Waals surface area contributed by atoms with E-state index >= 15 is 0 Å². The first kappa shape index (κ1) is 18.7. The van der Waals surface area contributed by atoms with Gasteiger partial charge in [-0.15, -0.1) is 0 Å². The van der Waals surface area contributed by atoms with Crippen LogP contribution in [-0.4, -0.2) is 44.0 Å². The van der Waals surface area contributed by atoms with E-state index in [-0.39, 0.29) is 5.91 Å². The largest absolute Gasteiger partial charge is 0.355 e. The number of carbonyl (C=O) groups is 1. The number of nitrogens with one attached hydrogen (secondary N) is 2. The molecule has 2 aromatic carbocycles. The molecule has 2 N–H and O–H groups in total. The van der Waals surface area contributed by atoms with Crippen molar-refractivity contribution in [2.24, 2.45) is 4.99 Å². The number of aliphatic imine (C=N–C) groups is 1. The van der Waals surface area contributed by atoms with Crippen molar-refractivity contribution < 1.29 is 4.79 Å². The highest BCUT2D eigenvalue weighted by atomic mass is 16.1. The van der Waals surface area contributed by atoms with Crippen LogP contribution in [0.4, 0.5) is 0 Å². The summed E-state index contributed by atoms with van der Waals surface area (Å²) in [6.45, 7) is 2.46. The van der Waals surface area contributed by atoms with Gasteiger partial charge < -0.3 is 15.5 Å². The molecule has 1 amide bonds. The van der Waals surface area contributed by atoms with Gasteiger partial charge in [0.15, 0.2) is 5.96 Å². The molecule has 0 saturated carbocycles. The summed E-state index contributed by atoms with van der Waals surface area (Å²) in [4.78, 5) is 18.3. The minimum absolute atomic E-state index is 0.0698. The molecule has 1 heterocycles. The molecule has 5 nitrogen and oxygen atoms in total. The topological polar surface area (TPSA) is 56.7 Å². The zero-order chi connectivity index (χ0) is 19.1. The van der Waals surface area contributed by atoms with E-state index in [1.165, 1.54) is 11.1 Å². The standard InChI is InChI=1S/C22H26N4O/c1-23-21(27)20-10-8-17(9-11-20)16-25-22(24-2)26-14-12-19(13-15-26)18-6-4-3-5-7-18/h3-12H,13-16H2,1-2H3,(H,23,27)(H,24,25). The molecule has 0 aromatic heterocycles. The summed E-state index contributed by atoms with van der Waals surface area (Å²) >= 11 is 0. The van der Waals surface area contributed by atoms with Crippen LogP contribution < -0.4 is 10.6 Å². The van der Waals surface area contributed by atoms with Crippen molar-refractivity contribution in [3.8, 4) is 0 Å². The van der Waals surface area contributed by atoms with E-state index in [0.717, 1.165) is 31.0 Å². The number of nitrogens with zero attached hydrogens (tertiary/aromatic N) is 2. The maximum atomic E-state index is 11.6. The zero-order valence-corrected chi connectivity index (χ0v) is 15.9. The maximum Gasteiger partial charge on any atom is 0.251 e. The number of hydrogen-bond donors (Lipinski definition) is 2. The molecule has 0 spiro atoms. The van der Waals surface area contributed by atoms with Crippen molar-refractivity contribution in [3.63, 3.8) is 0 Å². The Morgan fingerprint density at radius 1 is 1.11 bits per heavy atom. The molecule has 0 bridgehead atoms. The second kappa shape index (κ2) is 9.03. The fourth-order valence-corrected chi connectivity index (χ4v) is 3.21. The molecular formula is C22H26N4O. The summed E-state index contributed by atoms with van der Waals surface area (Å²) in [6.07, 6.45) is 3.29. The average molecular weight is 362 g/mol. The summed E-state index contributed by atoms with van der Waals surface area (Å²) in [5.41, 5.74) is 4.48. The fourth-order valence-electron chi connectivity index (χ4n) is 3.21. The molecule has 0 fully saturated rings. The Kier molecular flexibility index (Phi) is 6.26. The van der Waals surface area contributed by atoms with Crippen molar-refractivity contribution in [2.75, 3.05) is 27.2 Å². The van der Waals surface area contributed by atoms with Crippen LogP contribution in [0, 0.1) is 0 Å². The molecule has 0 radical (unpaired) electrons. The quantitative estimate of drug-likeness (QED) is 0.649. The minimum atomic E-state index is -0.0698. The van der Waals surface area contributed by atoms with Gasteiger partial charge in [-0.3, -0.25) is 9.79 Å². The van der Waals surface area contributed by atoms with Gasteiger partial charge in [0.25, 0.3) is 5.91 Å². The van der Waals surface area contributed by atoms with Gasteiger partial charge in [-0.2, -0.15) is 0 Å². The van der Waals surface area contributed by atoms with Gasteiger partial charge in [-0.25, -0.2) is 0 Å². The molecule has 5 heteroatoms. The van der Waals surface area contributed by atoms with Crippen LogP contribution in [0.5, 0.6) is 0 Å². The predicted octanol–water partition coefficient (Wildman–Crippen LogP) is 2.91. The Balaban J connectivity index is 1.57. The maximum absolute atomic E-state index is 11.6. The van der Waals surface area contributed by atoms with Gasteiger partial charge in [-0.05, 0) is 35.3 Å². The molecule has 2 aromatic rings. The van der Waals surface area contributed by atoms with Gasteiger partial charge in [-0.1, -0.05) is 48.5 Å². The van der Waals surface area contributed by atoms with Gasteiger partial charge >= 0.3 is 0 Å². The fraction of sp³-hybridized carbons (Fsp3) is 0.273. The molecule has 0 saturated heterocycles.